The van der Waals surface area contributed by atoms with Crippen LogP contribution in [0.15, 0.2) is 12.3 Å². The number of hydrogen-bond acceptors (Lipinski definition) is 4. The Morgan fingerprint density at radius 3 is 2.85 bits per heavy atom. The number of halogens is 1. The third kappa shape index (κ3) is 3.25. The molecule has 1 aromatic heterocycles. The number of hydroxylamine groups is 2. The summed E-state index contributed by atoms with van der Waals surface area (Å²) in [5, 5.41) is 1.16. The molecular weight excluding hydrogens is 263 g/mol. The van der Waals surface area contributed by atoms with Crippen LogP contribution in [-0.4, -0.2) is 28.3 Å². The van der Waals surface area contributed by atoms with Gasteiger partial charge in [-0.15, -0.1) is 0 Å². The molecule has 20 heavy (non-hydrogen) atoms. The van der Waals surface area contributed by atoms with Gasteiger partial charge in [-0.05, 0) is 39.3 Å². The van der Waals surface area contributed by atoms with E-state index in [9.17, 15) is 9.18 Å². The Bertz CT molecular complexity index is 514. The van der Waals surface area contributed by atoms with E-state index < -0.39 is 17.5 Å². The van der Waals surface area contributed by atoms with Gasteiger partial charge in [-0.2, -0.15) is 5.06 Å². The third-order valence-electron chi connectivity index (χ3n) is 2.91. The lowest BCUT2D eigenvalue weighted by molar-refractivity contribution is -0.125. The van der Waals surface area contributed by atoms with Crippen molar-refractivity contribution < 1.29 is 18.8 Å². The Morgan fingerprint density at radius 1 is 1.55 bits per heavy atom. The molecule has 0 bridgehead atoms. The summed E-state index contributed by atoms with van der Waals surface area (Å²) in [6.45, 7) is 7.32. The average Bonchev–Trinajstić information content (AvgIpc) is 2.79. The molecule has 1 aliphatic heterocycles. The Balaban J connectivity index is 2.18. The maximum absolute atomic E-state index is 13.6. The van der Waals surface area contributed by atoms with Crippen LogP contribution in [0.1, 0.15) is 44.5 Å². The van der Waals surface area contributed by atoms with Crippen LogP contribution in [0.25, 0.3) is 0 Å². The van der Waals surface area contributed by atoms with Crippen molar-refractivity contribution in [1.82, 2.24) is 10.0 Å². The Kier molecular flexibility index (Phi) is 3.94. The lowest BCUT2D eigenvalue weighted by atomic mass is 10.1. The molecule has 2 heterocycles. The van der Waals surface area contributed by atoms with Gasteiger partial charge in [0.05, 0.1) is 18.3 Å². The Hall–Kier alpha value is -1.69. The third-order valence-corrected chi connectivity index (χ3v) is 2.91. The molecule has 0 aromatic carbocycles. The monoisotopic (exact) mass is 282 g/mol. The number of amides is 1. The average molecular weight is 282 g/mol. The van der Waals surface area contributed by atoms with E-state index >= 15 is 0 Å². The molecular formula is C14H19FN2O3. The first-order valence-corrected chi connectivity index (χ1v) is 6.55. The maximum atomic E-state index is 13.6. The molecule has 110 valence electrons. The molecule has 1 saturated heterocycles. The zero-order valence-electron chi connectivity index (χ0n) is 12.1. The number of carbonyl (C=O) groups is 1. The van der Waals surface area contributed by atoms with Gasteiger partial charge >= 0.3 is 6.09 Å². The number of aryl methyl sites for hydroxylation is 1. The summed E-state index contributed by atoms with van der Waals surface area (Å²) in [7, 11) is 0. The highest BCUT2D eigenvalue weighted by molar-refractivity contribution is 5.67. The molecule has 1 atom stereocenters. The summed E-state index contributed by atoms with van der Waals surface area (Å²) >= 11 is 0. The topological polar surface area (TPSA) is 51.7 Å². The van der Waals surface area contributed by atoms with Crippen molar-refractivity contribution in [2.45, 2.75) is 45.8 Å². The molecule has 5 nitrogen and oxygen atoms in total. The van der Waals surface area contributed by atoms with Crippen molar-refractivity contribution >= 4 is 6.09 Å². The predicted molar refractivity (Wildman–Crippen MR) is 70.3 cm³/mol. The Labute approximate surface area is 117 Å². The molecule has 0 saturated carbocycles. The number of hydrogen-bond donors (Lipinski definition) is 0. The number of nitrogens with zero attached hydrogens (tertiary/aromatic N) is 2. The van der Waals surface area contributed by atoms with Crippen molar-refractivity contribution in [2.24, 2.45) is 0 Å². The molecule has 1 amide bonds. The molecule has 6 heteroatoms. The summed E-state index contributed by atoms with van der Waals surface area (Å²) in [4.78, 5) is 21.3. The van der Waals surface area contributed by atoms with Gasteiger partial charge in [-0.3, -0.25) is 9.82 Å². The standard InChI is InChI=1S/C14H19FN2O3/c1-9-11(15)7-10(8-16-9)12-5-6-19-17(12)13(18)20-14(2,3)4/h7-8,12H,5-6H2,1-4H3. The number of aromatic nitrogens is 1. The SMILES string of the molecule is Cc1ncc(C2CCON2C(=O)OC(C)(C)C)cc1F. The highest BCUT2D eigenvalue weighted by Crippen LogP contribution is 2.31. The van der Waals surface area contributed by atoms with Crippen LogP contribution in [0.2, 0.25) is 0 Å². The van der Waals surface area contributed by atoms with E-state index in [1.54, 1.807) is 33.9 Å². The van der Waals surface area contributed by atoms with Crippen molar-refractivity contribution in [3.63, 3.8) is 0 Å². The van der Waals surface area contributed by atoms with Crippen LogP contribution in [0.5, 0.6) is 0 Å². The van der Waals surface area contributed by atoms with E-state index in [4.69, 9.17) is 9.57 Å². The predicted octanol–water partition coefficient (Wildman–Crippen LogP) is 3.14. The lowest BCUT2D eigenvalue weighted by Gasteiger charge is -2.27. The number of ether oxygens (including phenoxy) is 1. The lowest BCUT2D eigenvalue weighted by Crippen LogP contribution is -2.35. The molecule has 0 N–H and O–H groups in total. The quantitative estimate of drug-likeness (QED) is 0.794. The van der Waals surface area contributed by atoms with Gasteiger partial charge in [0.15, 0.2) is 0 Å². The fraction of sp³-hybridized carbons (Fsp3) is 0.571. The normalized spacial score (nSPS) is 19.2. The second kappa shape index (κ2) is 5.36. The molecule has 1 fully saturated rings. The summed E-state index contributed by atoms with van der Waals surface area (Å²) in [6.07, 6.45) is 1.58. The van der Waals surface area contributed by atoms with Crippen LogP contribution >= 0.6 is 0 Å². The van der Waals surface area contributed by atoms with Crippen molar-refractivity contribution in [1.29, 1.82) is 0 Å². The van der Waals surface area contributed by atoms with Gasteiger partial charge in [0, 0.05) is 12.6 Å². The molecule has 1 aliphatic rings. The minimum atomic E-state index is -0.607. The van der Waals surface area contributed by atoms with Crippen molar-refractivity contribution in [3.05, 3.63) is 29.3 Å². The van der Waals surface area contributed by atoms with Gasteiger partial charge in [-0.25, -0.2) is 9.18 Å². The van der Waals surface area contributed by atoms with E-state index in [2.05, 4.69) is 4.98 Å². The Morgan fingerprint density at radius 2 is 2.25 bits per heavy atom. The smallest absolute Gasteiger partial charge is 0.435 e. The fourth-order valence-corrected chi connectivity index (χ4v) is 1.96. The van der Waals surface area contributed by atoms with Crippen LogP contribution in [-0.2, 0) is 9.57 Å². The van der Waals surface area contributed by atoms with E-state index in [-0.39, 0.29) is 6.04 Å². The summed E-state index contributed by atoms with van der Waals surface area (Å²) in [5.41, 5.74) is 0.331. The van der Waals surface area contributed by atoms with E-state index in [1.165, 1.54) is 6.07 Å². The largest absolute Gasteiger partial charge is 0.442 e. The summed E-state index contributed by atoms with van der Waals surface area (Å²) in [6, 6.07) is 1.02. The highest BCUT2D eigenvalue weighted by atomic mass is 19.1. The van der Waals surface area contributed by atoms with Gasteiger partial charge in [0.1, 0.15) is 11.4 Å². The van der Waals surface area contributed by atoms with Gasteiger partial charge in [0.25, 0.3) is 0 Å². The second-order valence-electron chi connectivity index (χ2n) is 5.78. The van der Waals surface area contributed by atoms with Crippen LogP contribution in [0.3, 0.4) is 0 Å². The molecule has 0 spiro atoms. The zero-order valence-corrected chi connectivity index (χ0v) is 12.1. The molecule has 1 aromatic rings. The minimum absolute atomic E-state index is 0.330. The first kappa shape index (κ1) is 14.7. The van der Waals surface area contributed by atoms with Gasteiger partial charge in [-0.1, -0.05) is 0 Å². The molecule has 2 rings (SSSR count). The van der Waals surface area contributed by atoms with Gasteiger partial charge in [0.2, 0.25) is 0 Å². The van der Waals surface area contributed by atoms with Gasteiger partial charge < -0.3 is 4.74 Å². The van der Waals surface area contributed by atoms with E-state index in [0.29, 0.717) is 24.3 Å². The summed E-state index contributed by atoms with van der Waals surface area (Å²) < 4.78 is 18.9. The number of carbonyl (C=O) groups excluding carboxylic acids is 1. The van der Waals surface area contributed by atoms with Crippen molar-refractivity contribution in [2.75, 3.05) is 6.61 Å². The zero-order chi connectivity index (χ0) is 14.9. The highest BCUT2D eigenvalue weighted by Gasteiger charge is 2.35. The van der Waals surface area contributed by atoms with E-state index in [0.717, 1.165) is 5.06 Å². The van der Waals surface area contributed by atoms with Crippen molar-refractivity contribution in [3.8, 4) is 0 Å². The number of pyridine rings is 1. The first-order valence-electron chi connectivity index (χ1n) is 6.55. The fourth-order valence-electron chi connectivity index (χ4n) is 1.96. The van der Waals surface area contributed by atoms with Crippen LogP contribution in [0.4, 0.5) is 9.18 Å². The van der Waals surface area contributed by atoms with E-state index in [1.807, 2.05) is 0 Å². The summed E-state index contributed by atoms with van der Waals surface area (Å²) in [5.74, 6) is -0.390. The first-order chi connectivity index (χ1) is 9.28. The minimum Gasteiger partial charge on any atom is -0.442 e. The molecule has 0 aliphatic carbocycles. The molecule has 0 radical (unpaired) electrons. The second-order valence-corrected chi connectivity index (χ2v) is 5.78. The number of rotatable bonds is 1. The maximum Gasteiger partial charge on any atom is 0.435 e. The molecule has 1 unspecified atom stereocenters. The van der Waals surface area contributed by atoms with Crippen LogP contribution < -0.4 is 0 Å². The van der Waals surface area contributed by atoms with Crippen LogP contribution in [0, 0.1) is 12.7 Å².